The third-order valence-corrected chi connectivity index (χ3v) is 5.73. The Morgan fingerprint density at radius 1 is 1.29 bits per heavy atom. The van der Waals surface area contributed by atoms with Crippen LogP contribution in [0.15, 0.2) is 10.7 Å². The molecule has 1 aliphatic heterocycles. The molecular weight excluding hydrogens is 328 g/mol. The fourth-order valence-electron chi connectivity index (χ4n) is 3.94. The predicted octanol–water partition coefficient (Wildman–Crippen LogP) is 3.49. The lowest BCUT2D eigenvalue weighted by atomic mass is 9.81. The molecule has 0 saturated carbocycles. The third-order valence-electron chi connectivity index (χ3n) is 5.12. The minimum atomic E-state index is 0.169. The van der Waals surface area contributed by atoms with Crippen LogP contribution < -0.4 is 5.32 Å². The molecule has 1 aromatic rings. The van der Waals surface area contributed by atoms with Gasteiger partial charge in [-0.3, -0.25) is 9.58 Å². The molecule has 2 rings (SSSR count). The Morgan fingerprint density at radius 3 is 2.33 bits per heavy atom. The van der Waals surface area contributed by atoms with Crippen molar-refractivity contribution in [1.29, 1.82) is 0 Å². The molecule has 1 fully saturated rings. The largest absolute Gasteiger partial charge is 0.307 e. The van der Waals surface area contributed by atoms with Crippen LogP contribution in [0, 0.1) is 0 Å². The first-order chi connectivity index (χ1) is 10.1. The Kier molecular flexibility index (Phi) is 5.86. The summed E-state index contributed by atoms with van der Waals surface area (Å²) in [5, 5.41) is 8.19. The molecule has 0 aliphatic carbocycles. The maximum absolute atomic E-state index is 4.44. The van der Waals surface area contributed by atoms with Crippen LogP contribution in [-0.4, -0.2) is 39.9 Å². The van der Waals surface area contributed by atoms with E-state index in [1.807, 2.05) is 17.9 Å². The van der Waals surface area contributed by atoms with E-state index in [1.165, 1.54) is 31.6 Å². The van der Waals surface area contributed by atoms with Crippen molar-refractivity contribution in [2.45, 2.75) is 58.0 Å². The monoisotopic (exact) mass is 356 g/mol. The number of nitrogens with zero attached hydrogens (tertiary/aromatic N) is 3. The smallest absolute Gasteiger partial charge is 0.0711 e. The summed E-state index contributed by atoms with van der Waals surface area (Å²) >= 11 is 3.71. The lowest BCUT2D eigenvalue weighted by Gasteiger charge is -2.47. The molecule has 0 spiro atoms. The van der Waals surface area contributed by atoms with Crippen molar-refractivity contribution in [3.05, 3.63) is 16.4 Å². The summed E-state index contributed by atoms with van der Waals surface area (Å²) in [6.07, 6.45) is 6.87. The highest BCUT2D eigenvalue weighted by Crippen LogP contribution is 2.41. The fourth-order valence-corrected chi connectivity index (χ4v) is 4.52. The van der Waals surface area contributed by atoms with Crippen LogP contribution >= 0.6 is 15.9 Å². The van der Waals surface area contributed by atoms with Gasteiger partial charge in [0.05, 0.1) is 22.4 Å². The Labute approximate surface area is 137 Å². The minimum absolute atomic E-state index is 0.169. The normalized spacial score (nSPS) is 18.3. The first-order valence-corrected chi connectivity index (χ1v) is 9.05. The molecule has 0 radical (unpaired) electrons. The zero-order chi connectivity index (χ0) is 15.5. The van der Waals surface area contributed by atoms with Gasteiger partial charge in [-0.25, -0.2) is 0 Å². The maximum Gasteiger partial charge on any atom is 0.0711 e. The molecule has 1 N–H and O–H groups in total. The maximum atomic E-state index is 4.44. The van der Waals surface area contributed by atoms with E-state index in [0.717, 1.165) is 23.9 Å². The summed E-state index contributed by atoms with van der Waals surface area (Å²) in [5.74, 6) is 0. The molecule has 2 heterocycles. The van der Waals surface area contributed by atoms with E-state index < -0.39 is 0 Å². The van der Waals surface area contributed by atoms with Crippen molar-refractivity contribution in [2.24, 2.45) is 7.05 Å². The highest BCUT2D eigenvalue weighted by molar-refractivity contribution is 9.10. The van der Waals surface area contributed by atoms with Crippen molar-refractivity contribution < 1.29 is 0 Å². The van der Waals surface area contributed by atoms with Crippen LogP contribution in [0.5, 0.6) is 0 Å². The molecule has 1 aromatic heterocycles. The topological polar surface area (TPSA) is 33.1 Å². The van der Waals surface area contributed by atoms with E-state index in [9.17, 15) is 0 Å². The quantitative estimate of drug-likeness (QED) is 0.811. The predicted molar refractivity (Wildman–Crippen MR) is 91.4 cm³/mol. The standard InChI is InChI=1S/C16H29BrN4/c1-5-16(6-2,21-10-8-9-11-21)15(18-7-3)14-13(17)12-19-20(14)4/h12,15,18H,5-11H2,1-4H3. The number of halogens is 1. The molecule has 1 saturated heterocycles. The summed E-state index contributed by atoms with van der Waals surface area (Å²) < 4.78 is 3.13. The fraction of sp³-hybridized carbons (Fsp3) is 0.812. The number of aryl methyl sites for hydroxylation is 1. The molecule has 0 aromatic carbocycles. The highest BCUT2D eigenvalue weighted by Gasteiger charge is 2.44. The van der Waals surface area contributed by atoms with Gasteiger partial charge in [-0.2, -0.15) is 5.10 Å². The Hall–Kier alpha value is -0.390. The second kappa shape index (κ2) is 7.25. The van der Waals surface area contributed by atoms with E-state index in [1.54, 1.807) is 0 Å². The number of nitrogens with one attached hydrogen (secondary N) is 1. The summed E-state index contributed by atoms with van der Waals surface area (Å²) in [6, 6.07) is 0.303. The lowest BCUT2D eigenvalue weighted by Crippen LogP contribution is -2.55. The van der Waals surface area contributed by atoms with Crippen molar-refractivity contribution in [3.8, 4) is 0 Å². The van der Waals surface area contributed by atoms with Gasteiger partial charge in [-0.05, 0) is 61.2 Å². The second-order valence-corrected chi connectivity index (χ2v) is 6.85. The molecule has 4 nitrogen and oxygen atoms in total. The van der Waals surface area contributed by atoms with Crippen LogP contribution in [0.2, 0.25) is 0 Å². The molecule has 1 atom stereocenters. The van der Waals surface area contributed by atoms with Crippen LogP contribution in [-0.2, 0) is 7.05 Å². The van der Waals surface area contributed by atoms with Gasteiger partial charge >= 0.3 is 0 Å². The van der Waals surface area contributed by atoms with Crippen LogP contribution in [0.25, 0.3) is 0 Å². The third kappa shape index (κ3) is 3.06. The molecule has 120 valence electrons. The van der Waals surface area contributed by atoms with E-state index >= 15 is 0 Å². The van der Waals surface area contributed by atoms with Crippen molar-refractivity contribution in [2.75, 3.05) is 19.6 Å². The van der Waals surface area contributed by atoms with Gasteiger partial charge in [0, 0.05) is 12.6 Å². The van der Waals surface area contributed by atoms with Gasteiger partial charge in [0.25, 0.3) is 0 Å². The Bertz CT molecular complexity index is 428. The van der Waals surface area contributed by atoms with E-state index in [-0.39, 0.29) is 5.54 Å². The van der Waals surface area contributed by atoms with Crippen LogP contribution in [0.4, 0.5) is 0 Å². The van der Waals surface area contributed by atoms with Crippen molar-refractivity contribution >= 4 is 15.9 Å². The van der Waals surface area contributed by atoms with Gasteiger partial charge in [-0.15, -0.1) is 0 Å². The van der Waals surface area contributed by atoms with E-state index in [2.05, 4.69) is 52.0 Å². The number of hydrogen-bond acceptors (Lipinski definition) is 3. The number of rotatable bonds is 7. The summed E-state index contributed by atoms with van der Waals surface area (Å²) in [5.41, 5.74) is 1.44. The Balaban J connectivity index is 2.46. The summed E-state index contributed by atoms with van der Waals surface area (Å²) in [4.78, 5) is 2.71. The van der Waals surface area contributed by atoms with E-state index in [0.29, 0.717) is 6.04 Å². The van der Waals surface area contributed by atoms with Gasteiger partial charge in [0.15, 0.2) is 0 Å². The zero-order valence-electron chi connectivity index (χ0n) is 13.8. The van der Waals surface area contributed by atoms with Gasteiger partial charge < -0.3 is 5.32 Å². The van der Waals surface area contributed by atoms with E-state index in [4.69, 9.17) is 0 Å². The van der Waals surface area contributed by atoms with Crippen molar-refractivity contribution in [1.82, 2.24) is 20.0 Å². The van der Waals surface area contributed by atoms with Crippen molar-refractivity contribution in [3.63, 3.8) is 0 Å². The average Bonchev–Trinajstić information content (AvgIpc) is 3.11. The molecule has 21 heavy (non-hydrogen) atoms. The molecule has 0 bridgehead atoms. The van der Waals surface area contributed by atoms with Gasteiger partial charge in [-0.1, -0.05) is 20.8 Å². The molecular formula is C16H29BrN4. The molecule has 1 aliphatic rings. The first kappa shape index (κ1) is 17.0. The average molecular weight is 357 g/mol. The second-order valence-electron chi connectivity index (χ2n) is 6.00. The van der Waals surface area contributed by atoms with Crippen LogP contribution in [0.1, 0.15) is 58.2 Å². The highest BCUT2D eigenvalue weighted by atomic mass is 79.9. The zero-order valence-corrected chi connectivity index (χ0v) is 15.4. The number of aromatic nitrogens is 2. The molecule has 0 amide bonds. The summed E-state index contributed by atoms with van der Waals surface area (Å²) in [7, 11) is 2.05. The number of likely N-dealkylation sites (tertiary alicyclic amines) is 1. The van der Waals surface area contributed by atoms with Gasteiger partial charge in [0.2, 0.25) is 0 Å². The molecule has 1 unspecified atom stereocenters. The number of hydrogen-bond donors (Lipinski definition) is 1. The first-order valence-electron chi connectivity index (χ1n) is 8.26. The minimum Gasteiger partial charge on any atom is -0.307 e. The van der Waals surface area contributed by atoms with Gasteiger partial charge in [0.1, 0.15) is 0 Å². The van der Waals surface area contributed by atoms with Crippen LogP contribution in [0.3, 0.4) is 0 Å². The lowest BCUT2D eigenvalue weighted by molar-refractivity contribution is 0.0589. The number of likely N-dealkylation sites (N-methyl/N-ethyl adjacent to an activating group) is 1. The summed E-state index contributed by atoms with van der Waals surface area (Å²) in [6.45, 7) is 10.3. The Morgan fingerprint density at radius 2 is 1.90 bits per heavy atom. The molecule has 5 heteroatoms. The SMILES string of the molecule is CCNC(c1c(Br)cnn1C)C(CC)(CC)N1CCCC1.